The number of aromatic nitrogens is 5. The third-order valence-electron chi connectivity index (χ3n) is 15.2. The fraction of sp³-hybridized carbons (Fsp3) is 0.483. The molecule has 0 radical (unpaired) electrons. The molecule has 2 aliphatic rings. The molecule has 2 aliphatic heterocycles. The van der Waals surface area contributed by atoms with Gasteiger partial charge >= 0.3 is 0 Å². The summed E-state index contributed by atoms with van der Waals surface area (Å²) in [6.07, 6.45) is 6.28. The summed E-state index contributed by atoms with van der Waals surface area (Å²) in [5.74, 6) is -0.433. The highest BCUT2D eigenvalue weighted by atomic mass is 32.1. The first kappa shape index (κ1) is 58.8. The summed E-state index contributed by atoms with van der Waals surface area (Å²) in [5, 5.41) is 27.9. The Balaban J connectivity index is 0.722. The van der Waals surface area contributed by atoms with Crippen LogP contribution in [0.2, 0.25) is 0 Å². The lowest BCUT2D eigenvalue weighted by molar-refractivity contribution is -0.144. The van der Waals surface area contributed by atoms with Gasteiger partial charge in [0, 0.05) is 113 Å². The van der Waals surface area contributed by atoms with Crippen molar-refractivity contribution in [2.45, 2.75) is 138 Å². The highest BCUT2D eigenvalue weighted by Crippen LogP contribution is 2.32. The Labute approximate surface area is 472 Å². The lowest BCUT2D eigenvalue weighted by Gasteiger charge is -2.35. The van der Waals surface area contributed by atoms with E-state index in [1.165, 1.54) is 4.90 Å². The molecule has 0 aliphatic carbocycles. The van der Waals surface area contributed by atoms with Crippen LogP contribution in [-0.2, 0) is 32.3 Å². The van der Waals surface area contributed by atoms with E-state index in [1.54, 1.807) is 17.5 Å². The molecule has 0 saturated carbocycles. The molecule has 4 aromatic heterocycles. The summed E-state index contributed by atoms with van der Waals surface area (Å²) in [5.41, 5.74) is 8.96. The van der Waals surface area contributed by atoms with Crippen LogP contribution in [0.15, 0.2) is 77.3 Å². The van der Waals surface area contributed by atoms with Crippen LogP contribution in [0.25, 0.3) is 32.5 Å². The highest BCUT2D eigenvalue weighted by molar-refractivity contribution is 7.13. The summed E-state index contributed by atoms with van der Waals surface area (Å²) in [4.78, 5) is 99.1. The maximum Gasteiger partial charge on any atom is 0.253 e. The number of nitrogens with one attached hydrogen (secondary N) is 5. The molecule has 0 bridgehead atoms. The van der Waals surface area contributed by atoms with Gasteiger partial charge in [0.1, 0.15) is 17.9 Å². The van der Waals surface area contributed by atoms with Crippen molar-refractivity contribution in [3.63, 3.8) is 0 Å². The molecule has 6 aromatic rings. The van der Waals surface area contributed by atoms with Gasteiger partial charge in [-0.15, -0.1) is 11.3 Å². The van der Waals surface area contributed by atoms with Gasteiger partial charge in [-0.25, -0.2) is 9.97 Å². The Hall–Kier alpha value is -7.29. The molecule has 0 spiro atoms. The second kappa shape index (κ2) is 26.3. The predicted octanol–water partition coefficient (Wildman–Crippen LogP) is 6.73. The number of anilines is 1. The van der Waals surface area contributed by atoms with Gasteiger partial charge in [0.2, 0.25) is 23.6 Å². The molecule has 426 valence electrons. The number of carbonyl (C=O) groups is 5. The standard InChI is InChI=1S/C60H78N12O7S/c1-37(2)72-49-29-44(28-46(48(49)34-66-72)56(76)64-33-47-38(3)27-39(4)67-57(47)77)43-19-20-51(62-32-43)70-25-23-69(24-26-70)22-21-61-52(74)13-11-9-10-12-14-53(75)68-55(60(6,7)8)59(79)71-35-45(73)30-50(71)58(78)63-31-41-15-17-42(18-16-41)54-40(5)65-36-80-54/h15-20,27-29,32,34,36-37,45,50,55,73H,9-14,21-26,30-31,33,35H2,1-8H3,(H,61,74)(H,63,78)(H,64,76)(H,67,77)(H,68,75)/t45-,50+,55-/m1/s1. The van der Waals surface area contributed by atoms with Crippen LogP contribution in [0.3, 0.4) is 0 Å². The lowest BCUT2D eigenvalue weighted by Crippen LogP contribution is -2.57. The smallest absolute Gasteiger partial charge is 0.253 e. The van der Waals surface area contributed by atoms with Crippen LogP contribution >= 0.6 is 11.3 Å². The number of benzene rings is 2. The molecule has 2 saturated heterocycles. The number of rotatable bonds is 22. The molecule has 0 unspecified atom stereocenters. The Morgan fingerprint density at radius 2 is 1.52 bits per heavy atom. The highest BCUT2D eigenvalue weighted by Gasteiger charge is 2.44. The maximum atomic E-state index is 14.1. The van der Waals surface area contributed by atoms with Crippen LogP contribution in [0, 0.1) is 26.2 Å². The quantitative estimate of drug-likeness (QED) is 0.0388. The Bertz CT molecular complexity index is 3210. The zero-order valence-electron chi connectivity index (χ0n) is 47.5. The van der Waals surface area contributed by atoms with Gasteiger partial charge in [-0.3, -0.25) is 38.3 Å². The van der Waals surface area contributed by atoms with Gasteiger partial charge in [0.25, 0.3) is 11.5 Å². The first-order valence-electron chi connectivity index (χ1n) is 28.0. The van der Waals surface area contributed by atoms with Crippen molar-refractivity contribution < 1.29 is 29.1 Å². The number of unbranched alkanes of at least 4 members (excludes halogenated alkanes) is 3. The topological polar surface area (TPSA) is 240 Å². The average molecular weight is 1110 g/mol. The molecule has 6 heterocycles. The second-order valence-corrected chi connectivity index (χ2v) is 23.6. The molecule has 2 aromatic carbocycles. The van der Waals surface area contributed by atoms with Crippen LogP contribution in [-0.4, -0.2) is 133 Å². The first-order valence-corrected chi connectivity index (χ1v) is 28.9. The molecular weight excluding hydrogens is 1030 g/mol. The third-order valence-corrected chi connectivity index (χ3v) is 16.1. The van der Waals surface area contributed by atoms with E-state index in [2.05, 4.69) is 46.1 Å². The molecule has 20 heteroatoms. The fourth-order valence-corrected chi connectivity index (χ4v) is 11.4. The third kappa shape index (κ3) is 14.7. The normalized spacial score (nSPS) is 16.3. The number of aromatic amines is 1. The van der Waals surface area contributed by atoms with Crippen LogP contribution in [0.1, 0.15) is 124 Å². The molecule has 6 N–H and O–H groups in total. The lowest BCUT2D eigenvalue weighted by atomic mass is 9.85. The van der Waals surface area contributed by atoms with Crippen molar-refractivity contribution in [3.05, 3.63) is 116 Å². The molecule has 80 heavy (non-hydrogen) atoms. The van der Waals surface area contributed by atoms with E-state index in [-0.39, 0.29) is 67.7 Å². The van der Waals surface area contributed by atoms with E-state index in [4.69, 9.17) is 4.98 Å². The monoisotopic (exact) mass is 1110 g/mol. The number of amides is 5. The number of hydrogen-bond acceptors (Lipinski definition) is 13. The number of H-pyrrole nitrogens is 1. The number of fused-ring (bicyclic) bond motifs is 1. The number of thiazole rings is 1. The van der Waals surface area contributed by atoms with Crippen molar-refractivity contribution in [2.24, 2.45) is 5.41 Å². The minimum Gasteiger partial charge on any atom is -0.391 e. The number of pyridine rings is 2. The van der Waals surface area contributed by atoms with Gasteiger partial charge in [0.15, 0.2) is 0 Å². The predicted molar refractivity (Wildman–Crippen MR) is 312 cm³/mol. The van der Waals surface area contributed by atoms with Crippen LogP contribution < -0.4 is 31.7 Å². The summed E-state index contributed by atoms with van der Waals surface area (Å²) < 4.78 is 1.90. The average Bonchev–Trinajstić information content (AvgIpc) is 4.18. The van der Waals surface area contributed by atoms with Crippen molar-refractivity contribution >= 4 is 57.6 Å². The minimum absolute atomic E-state index is 0.00207. The maximum absolute atomic E-state index is 14.1. The van der Waals surface area contributed by atoms with E-state index >= 15 is 0 Å². The Morgan fingerprint density at radius 3 is 2.17 bits per heavy atom. The number of likely N-dealkylation sites (tertiary alicyclic amines) is 1. The minimum atomic E-state index is -0.897. The molecule has 2 fully saturated rings. The summed E-state index contributed by atoms with van der Waals surface area (Å²) >= 11 is 1.58. The molecule has 8 rings (SSSR count). The number of aliphatic hydroxyl groups excluding tert-OH is 1. The van der Waals surface area contributed by atoms with Gasteiger partial charge in [-0.1, -0.05) is 57.9 Å². The number of nitrogens with zero attached hydrogens (tertiary/aromatic N) is 7. The summed E-state index contributed by atoms with van der Waals surface area (Å²) in [6.45, 7) is 20.2. The molecular formula is C60H78N12O7S. The van der Waals surface area contributed by atoms with Gasteiger partial charge < -0.3 is 41.2 Å². The van der Waals surface area contributed by atoms with E-state index < -0.39 is 29.5 Å². The van der Waals surface area contributed by atoms with E-state index in [1.807, 2.05) is 126 Å². The van der Waals surface area contributed by atoms with Crippen molar-refractivity contribution in [3.8, 4) is 21.6 Å². The molecule has 5 amide bonds. The Morgan fingerprint density at radius 1 is 0.812 bits per heavy atom. The summed E-state index contributed by atoms with van der Waals surface area (Å²) in [6, 6.07) is 16.0. The number of piperazine rings is 1. The van der Waals surface area contributed by atoms with Crippen molar-refractivity contribution in [2.75, 3.05) is 50.7 Å². The van der Waals surface area contributed by atoms with Crippen molar-refractivity contribution in [1.29, 1.82) is 0 Å². The number of aryl methyl sites for hydroxylation is 3. The van der Waals surface area contributed by atoms with Gasteiger partial charge in [0.05, 0.1) is 39.5 Å². The largest absolute Gasteiger partial charge is 0.391 e. The van der Waals surface area contributed by atoms with Gasteiger partial charge in [-0.05, 0) is 105 Å². The zero-order valence-corrected chi connectivity index (χ0v) is 48.3. The summed E-state index contributed by atoms with van der Waals surface area (Å²) in [7, 11) is 0. The van der Waals surface area contributed by atoms with E-state index in [0.717, 1.165) is 106 Å². The molecule has 3 atom stereocenters. The molecule has 19 nitrogen and oxygen atoms in total. The van der Waals surface area contributed by atoms with E-state index in [9.17, 15) is 33.9 Å². The van der Waals surface area contributed by atoms with E-state index in [0.29, 0.717) is 36.9 Å². The number of hydrogen-bond donors (Lipinski definition) is 6. The Kier molecular flexibility index (Phi) is 19.4. The van der Waals surface area contributed by atoms with Crippen LogP contribution in [0.5, 0.6) is 0 Å². The SMILES string of the molecule is Cc1cc(C)c(CNC(=O)c2cc(-c3ccc(N4CCN(CCNC(=O)CCCCCCC(=O)N[C@H](C(=O)N5C[C@H](O)C[C@H]5C(=O)NCc5ccc(-c6scnc6C)cc5)C(C)(C)C)CC4)nc3)cc3c2cnn3C(C)C)c(=O)[nH]1. The first-order chi connectivity index (χ1) is 38.2. The number of carbonyl (C=O) groups excluding carboxylic acids is 5. The van der Waals surface area contributed by atoms with Crippen LogP contribution in [0.4, 0.5) is 5.82 Å². The van der Waals surface area contributed by atoms with Gasteiger partial charge in [-0.2, -0.15) is 5.10 Å². The number of β-amino-alcohol motifs (C(OH)–C–C–N with tert-alkyl or cyclic N) is 1. The fourth-order valence-electron chi connectivity index (χ4n) is 10.6. The zero-order chi connectivity index (χ0) is 57.3. The van der Waals surface area contributed by atoms with Crippen molar-refractivity contribution in [1.82, 2.24) is 55.8 Å². The second-order valence-electron chi connectivity index (χ2n) is 22.7. The number of aliphatic hydroxyl groups is 1.